The molecular formula is C19H21ClN2O4. The third-order valence-corrected chi connectivity index (χ3v) is 3.99. The van der Waals surface area contributed by atoms with E-state index in [1.807, 2.05) is 26.0 Å². The van der Waals surface area contributed by atoms with Gasteiger partial charge >= 0.3 is 0 Å². The maximum atomic E-state index is 12.1. The first-order valence-electron chi connectivity index (χ1n) is 8.06. The van der Waals surface area contributed by atoms with E-state index in [9.17, 15) is 9.59 Å². The normalized spacial score (nSPS) is 11.4. The van der Waals surface area contributed by atoms with E-state index in [2.05, 4.69) is 10.9 Å². The van der Waals surface area contributed by atoms with Crippen LogP contribution < -0.4 is 20.3 Å². The van der Waals surface area contributed by atoms with Crippen LogP contribution in [0.4, 0.5) is 0 Å². The molecule has 0 radical (unpaired) electrons. The molecule has 0 bridgehead atoms. The zero-order valence-corrected chi connectivity index (χ0v) is 15.6. The second kappa shape index (κ2) is 9.10. The SMILES string of the molecule is Cc1cccc(O[C@@H](C)C(=O)NNC(=O)COc2ccc(Cl)cc2)c1C. The van der Waals surface area contributed by atoms with Gasteiger partial charge in [0.1, 0.15) is 11.5 Å². The molecule has 2 aromatic carbocycles. The number of hydrogen-bond donors (Lipinski definition) is 2. The number of hydrogen-bond acceptors (Lipinski definition) is 4. The lowest BCUT2D eigenvalue weighted by Crippen LogP contribution is -2.48. The van der Waals surface area contributed by atoms with Crippen LogP contribution >= 0.6 is 11.6 Å². The van der Waals surface area contributed by atoms with Gasteiger partial charge < -0.3 is 9.47 Å². The fourth-order valence-corrected chi connectivity index (χ4v) is 2.17. The minimum Gasteiger partial charge on any atom is -0.484 e. The Kier molecular flexibility index (Phi) is 6.86. The van der Waals surface area contributed by atoms with E-state index in [1.54, 1.807) is 37.3 Å². The summed E-state index contributed by atoms with van der Waals surface area (Å²) in [5.41, 5.74) is 6.64. The number of halogens is 1. The van der Waals surface area contributed by atoms with Crippen LogP contribution in [0.1, 0.15) is 18.1 Å². The van der Waals surface area contributed by atoms with Crippen LogP contribution in [-0.2, 0) is 9.59 Å². The maximum Gasteiger partial charge on any atom is 0.279 e. The van der Waals surface area contributed by atoms with E-state index in [-0.39, 0.29) is 6.61 Å². The third-order valence-electron chi connectivity index (χ3n) is 3.74. The molecule has 0 unspecified atom stereocenters. The molecule has 26 heavy (non-hydrogen) atoms. The van der Waals surface area contributed by atoms with Gasteiger partial charge in [-0.3, -0.25) is 20.4 Å². The lowest BCUT2D eigenvalue weighted by atomic mass is 10.1. The van der Waals surface area contributed by atoms with Crippen molar-refractivity contribution < 1.29 is 19.1 Å². The Morgan fingerprint density at radius 3 is 2.46 bits per heavy atom. The number of amides is 2. The molecule has 7 heteroatoms. The van der Waals surface area contributed by atoms with Crippen molar-refractivity contribution in [3.63, 3.8) is 0 Å². The van der Waals surface area contributed by atoms with Gasteiger partial charge in [-0.05, 0) is 62.2 Å². The first-order valence-corrected chi connectivity index (χ1v) is 8.44. The van der Waals surface area contributed by atoms with Crippen LogP contribution in [0.25, 0.3) is 0 Å². The molecule has 0 aliphatic rings. The van der Waals surface area contributed by atoms with E-state index in [0.29, 0.717) is 16.5 Å². The van der Waals surface area contributed by atoms with Gasteiger partial charge in [-0.2, -0.15) is 0 Å². The molecule has 0 spiro atoms. The summed E-state index contributed by atoms with van der Waals surface area (Å²) < 4.78 is 10.9. The summed E-state index contributed by atoms with van der Waals surface area (Å²) in [5.74, 6) is 0.172. The lowest BCUT2D eigenvalue weighted by molar-refractivity contribution is -0.133. The molecule has 1 atom stereocenters. The molecule has 0 saturated heterocycles. The Morgan fingerprint density at radius 2 is 1.77 bits per heavy atom. The van der Waals surface area contributed by atoms with E-state index >= 15 is 0 Å². The fraction of sp³-hybridized carbons (Fsp3) is 0.263. The van der Waals surface area contributed by atoms with E-state index < -0.39 is 17.9 Å². The van der Waals surface area contributed by atoms with Gasteiger partial charge in [-0.25, -0.2) is 0 Å². The Hall–Kier alpha value is -2.73. The molecule has 0 aliphatic carbocycles. The Labute approximate surface area is 157 Å². The van der Waals surface area contributed by atoms with Crippen molar-refractivity contribution in [1.82, 2.24) is 10.9 Å². The number of carbonyl (C=O) groups excluding carboxylic acids is 2. The summed E-state index contributed by atoms with van der Waals surface area (Å²) in [4.78, 5) is 23.8. The summed E-state index contributed by atoms with van der Waals surface area (Å²) in [6.45, 7) is 5.25. The second-order valence-corrected chi connectivity index (χ2v) is 6.17. The van der Waals surface area contributed by atoms with Crippen molar-refractivity contribution in [2.75, 3.05) is 6.61 Å². The van der Waals surface area contributed by atoms with Crippen LogP contribution in [0.3, 0.4) is 0 Å². The number of rotatable bonds is 6. The topological polar surface area (TPSA) is 76.7 Å². The summed E-state index contributed by atoms with van der Waals surface area (Å²) in [6.07, 6.45) is -0.770. The van der Waals surface area contributed by atoms with Crippen LogP contribution in [0.15, 0.2) is 42.5 Å². The number of aryl methyl sites for hydroxylation is 1. The van der Waals surface area contributed by atoms with Gasteiger partial charge in [0.25, 0.3) is 11.8 Å². The van der Waals surface area contributed by atoms with Crippen LogP contribution in [0.2, 0.25) is 5.02 Å². The summed E-state index contributed by atoms with van der Waals surface area (Å²) >= 11 is 5.77. The molecular weight excluding hydrogens is 356 g/mol. The predicted octanol–water partition coefficient (Wildman–Crippen LogP) is 2.95. The van der Waals surface area contributed by atoms with Crippen LogP contribution in [0.5, 0.6) is 11.5 Å². The molecule has 2 aromatic rings. The van der Waals surface area contributed by atoms with Crippen molar-refractivity contribution in [3.8, 4) is 11.5 Å². The zero-order chi connectivity index (χ0) is 19.1. The molecule has 138 valence electrons. The van der Waals surface area contributed by atoms with Gasteiger partial charge in [0.2, 0.25) is 0 Å². The number of carbonyl (C=O) groups is 2. The molecule has 2 rings (SSSR count). The largest absolute Gasteiger partial charge is 0.484 e. The highest BCUT2D eigenvalue weighted by molar-refractivity contribution is 6.30. The molecule has 2 amide bonds. The fourth-order valence-electron chi connectivity index (χ4n) is 2.04. The van der Waals surface area contributed by atoms with Gasteiger partial charge in [-0.1, -0.05) is 23.7 Å². The van der Waals surface area contributed by atoms with Crippen LogP contribution in [0, 0.1) is 13.8 Å². The van der Waals surface area contributed by atoms with Gasteiger partial charge in [0, 0.05) is 5.02 Å². The smallest absolute Gasteiger partial charge is 0.279 e. The number of benzene rings is 2. The second-order valence-electron chi connectivity index (χ2n) is 5.74. The van der Waals surface area contributed by atoms with E-state index in [0.717, 1.165) is 11.1 Å². The van der Waals surface area contributed by atoms with Gasteiger partial charge in [-0.15, -0.1) is 0 Å². The molecule has 0 saturated carbocycles. The minimum absolute atomic E-state index is 0.242. The van der Waals surface area contributed by atoms with E-state index in [1.165, 1.54) is 0 Å². The first-order chi connectivity index (χ1) is 12.4. The summed E-state index contributed by atoms with van der Waals surface area (Å²) in [5, 5.41) is 0.576. The molecule has 2 N–H and O–H groups in total. The highest BCUT2D eigenvalue weighted by Gasteiger charge is 2.16. The van der Waals surface area contributed by atoms with E-state index in [4.69, 9.17) is 21.1 Å². The van der Waals surface area contributed by atoms with Crippen molar-refractivity contribution in [1.29, 1.82) is 0 Å². The number of ether oxygens (including phenoxy) is 2. The highest BCUT2D eigenvalue weighted by atomic mass is 35.5. The monoisotopic (exact) mass is 376 g/mol. The Bertz CT molecular complexity index is 778. The minimum atomic E-state index is -0.770. The number of hydrazine groups is 1. The van der Waals surface area contributed by atoms with Crippen molar-refractivity contribution >= 4 is 23.4 Å². The molecule has 0 aromatic heterocycles. The van der Waals surface area contributed by atoms with Crippen molar-refractivity contribution in [3.05, 3.63) is 58.6 Å². The van der Waals surface area contributed by atoms with Gasteiger partial charge in [0.15, 0.2) is 12.7 Å². The average Bonchev–Trinajstić information content (AvgIpc) is 2.63. The van der Waals surface area contributed by atoms with Gasteiger partial charge in [0.05, 0.1) is 0 Å². The number of nitrogens with one attached hydrogen (secondary N) is 2. The highest BCUT2D eigenvalue weighted by Crippen LogP contribution is 2.21. The molecule has 0 heterocycles. The zero-order valence-electron chi connectivity index (χ0n) is 14.8. The maximum absolute atomic E-state index is 12.1. The average molecular weight is 377 g/mol. The quantitative estimate of drug-likeness (QED) is 0.760. The Morgan fingerprint density at radius 1 is 1.08 bits per heavy atom. The summed E-state index contributed by atoms with van der Waals surface area (Å²) in [6, 6.07) is 12.2. The Balaban J connectivity index is 1.77. The third kappa shape index (κ3) is 5.67. The molecule has 6 nitrogen and oxygen atoms in total. The predicted molar refractivity (Wildman–Crippen MR) is 99.2 cm³/mol. The first kappa shape index (κ1) is 19.6. The van der Waals surface area contributed by atoms with Crippen LogP contribution in [-0.4, -0.2) is 24.5 Å². The lowest BCUT2D eigenvalue weighted by Gasteiger charge is -2.17. The summed E-state index contributed by atoms with van der Waals surface area (Å²) in [7, 11) is 0. The van der Waals surface area contributed by atoms with Crippen molar-refractivity contribution in [2.45, 2.75) is 26.9 Å². The standard InChI is InChI=1S/C19H21ClN2O4/c1-12-5-4-6-17(13(12)2)26-14(3)19(24)22-21-18(23)11-25-16-9-7-15(20)8-10-16/h4-10,14H,11H2,1-3H3,(H,21,23)(H,22,24)/t14-/m0/s1. The molecule has 0 aliphatic heterocycles. The molecule has 0 fully saturated rings. The van der Waals surface area contributed by atoms with Crippen molar-refractivity contribution in [2.24, 2.45) is 0 Å².